The van der Waals surface area contributed by atoms with Gasteiger partial charge in [-0.2, -0.15) is 0 Å². The third-order valence-electron chi connectivity index (χ3n) is 0. The average Bonchev–Trinajstić information content (AvgIpc) is 1.25. The van der Waals surface area contributed by atoms with E-state index >= 15 is 0 Å². The predicted molar refractivity (Wildman–Crippen MR) is 2.75 cm³/mol. The number of hydrogen-bond donors (Lipinski definition) is 0. The predicted octanol–water partition coefficient (Wildman–Crippen LogP) is -8.85. The second-order valence-electron chi connectivity index (χ2n) is 0.447. The molecule has 0 spiro atoms. The van der Waals surface area contributed by atoms with Gasteiger partial charge in [-0.15, -0.1) is 0 Å². The molecule has 0 saturated carbocycles. The van der Waals surface area contributed by atoms with Crippen LogP contribution in [0.5, 0.6) is 0 Å². The first kappa shape index (κ1) is 23.0. The molecule has 0 aromatic heterocycles. The third-order valence-corrected chi connectivity index (χ3v) is 0. The molecule has 48 valence electrons. The molecule has 6 nitrogen and oxygen atoms in total. The minimum atomic E-state index is -4.34. The summed E-state index contributed by atoms with van der Waals surface area (Å²) in [6, 6.07) is 0. The molecule has 0 N–H and O–H groups in total. The van der Waals surface area contributed by atoms with Crippen molar-refractivity contribution in [2.24, 2.45) is 0 Å². The van der Waals surface area contributed by atoms with Gasteiger partial charge in [0.25, 0.3) is 0 Å². The fourth-order valence-electron chi connectivity index (χ4n) is 0. The zero-order valence-corrected chi connectivity index (χ0v) is 14.9. The zero-order chi connectivity index (χ0) is 7.15. The van der Waals surface area contributed by atoms with Crippen LogP contribution in [0.2, 0.25) is 0 Å². The molecule has 0 aliphatic heterocycles. The van der Waals surface area contributed by atoms with Crippen molar-refractivity contribution < 1.29 is 128 Å². The van der Waals surface area contributed by atoms with E-state index in [1.54, 1.807) is 0 Å². The van der Waals surface area contributed by atoms with Gasteiger partial charge < -0.3 is 0 Å². The van der Waals surface area contributed by atoms with E-state index in [2.05, 4.69) is 0 Å². The van der Waals surface area contributed by atoms with Crippen molar-refractivity contribution in [3.8, 4) is 0 Å². The van der Waals surface area contributed by atoms with E-state index in [0.717, 1.165) is 0 Å². The number of rotatable bonds is 0. The van der Waals surface area contributed by atoms with Crippen molar-refractivity contribution in [1.29, 1.82) is 0 Å². The van der Waals surface area contributed by atoms with Gasteiger partial charge in [0.15, 0.2) is 0 Å². The maximum atomic E-state index is 8.62. The third kappa shape index (κ3) is 130. The Hall–Kier alpha value is 2.83. The molecule has 0 bridgehead atoms. The molecular formula is KLiO6Ta2. The topological polar surface area (TPSA) is 114 Å². The van der Waals surface area contributed by atoms with Gasteiger partial charge in [-0.25, -0.2) is 0 Å². The molecule has 10 heavy (non-hydrogen) atoms. The molecule has 0 saturated heterocycles. The van der Waals surface area contributed by atoms with Gasteiger partial charge in [0.1, 0.15) is 0 Å². The van der Waals surface area contributed by atoms with Gasteiger partial charge in [-0.05, 0) is 0 Å². The normalized spacial score (nSPS) is 5.00. The van der Waals surface area contributed by atoms with Gasteiger partial charge in [-0.3, -0.25) is 0 Å². The van der Waals surface area contributed by atoms with E-state index in [1.165, 1.54) is 0 Å². The Kier molecular flexibility index (Phi) is 41.0. The van der Waals surface area contributed by atoms with Crippen molar-refractivity contribution in [3.63, 3.8) is 0 Å². The second kappa shape index (κ2) is 17.8. The summed E-state index contributed by atoms with van der Waals surface area (Å²) in [4.78, 5) is 0. The van der Waals surface area contributed by atoms with Gasteiger partial charge in [0.2, 0.25) is 0 Å². The van der Waals surface area contributed by atoms with Crippen LogP contribution in [0, 0.1) is 0 Å². The van der Waals surface area contributed by atoms with Crippen LogP contribution in [0.4, 0.5) is 0 Å². The van der Waals surface area contributed by atoms with E-state index in [1.807, 2.05) is 0 Å². The SMILES string of the molecule is [K+].[Li+].[O]=[Ta](=[O])[O-].[O]=[Ta](=[O])[O-]. The van der Waals surface area contributed by atoms with Crippen molar-refractivity contribution in [3.05, 3.63) is 0 Å². The van der Waals surface area contributed by atoms with Gasteiger partial charge in [-0.1, -0.05) is 0 Å². The van der Waals surface area contributed by atoms with Crippen molar-refractivity contribution in [2.45, 2.75) is 0 Å². The number of hydrogen-bond acceptors (Lipinski definition) is 6. The summed E-state index contributed by atoms with van der Waals surface area (Å²) in [5.41, 5.74) is 0. The van der Waals surface area contributed by atoms with Crippen LogP contribution >= 0.6 is 0 Å². The van der Waals surface area contributed by atoms with Gasteiger partial charge in [0.05, 0.1) is 0 Å². The van der Waals surface area contributed by atoms with E-state index < -0.39 is 37.6 Å². The summed E-state index contributed by atoms with van der Waals surface area (Å²) in [6.07, 6.45) is 0. The molecule has 0 fully saturated rings. The summed E-state index contributed by atoms with van der Waals surface area (Å²) in [5.74, 6) is 0. The Balaban J connectivity index is -0.0000000300. The fourth-order valence-corrected chi connectivity index (χ4v) is 0. The first-order valence-electron chi connectivity index (χ1n) is 1.10. The van der Waals surface area contributed by atoms with Gasteiger partial charge >= 0.3 is 128 Å². The first-order valence-corrected chi connectivity index (χ1v) is 8.97. The molecule has 0 amide bonds. The zero-order valence-electron chi connectivity index (χ0n) is 5.34. The first-order chi connectivity index (χ1) is 3.46. The van der Waals surface area contributed by atoms with E-state index in [9.17, 15) is 0 Å². The molecule has 0 aliphatic carbocycles. The second-order valence-corrected chi connectivity index (χ2v) is 3.66. The van der Waals surface area contributed by atoms with E-state index in [0.29, 0.717) is 0 Å². The molecule has 10 heteroatoms. The summed E-state index contributed by atoms with van der Waals surface area (Å²) in [6.45, 7) is 0. The summed E-state index contributed by atoms with van der Waals surface area (Å²) in [7, 11) is 0. The van der Waals surface area contributed by atoms with Crippen LogP contribution in [0.3, 0.4) is 0 Å². The molecule has 0 aromatic rings. The van der Waals surface area contributed by atoms with Crippen LogP contribution in [-0.4, -0.2) is 0 Å². The average molecular weight is 504 g/mol. The molecular weight excluding hydrogens is 504 g/mol. The minimum absolute atomic E-state index is 0. The Morgan fingerprint density at radius 2 is 0.800 bits per heavy atom. The molecule has 0 atom stereocenters. The summed E-state index contributed by atoms with van der Waals surface area (Å²) >= 11 is -8.69. The molecule has 0 rings (SSSR count). The molecule has 0 aliphatic rings. The molecule has 0 aromatic carbocycles. The summed E-state index contributed by atoms with van der Waals surface area (Å²) < 4.78 is 51.7. The van der Waals surface area contributed by atoms with E-state index in [-0.39, 0.29) is 70.2 Å². The van der Waals surface area contributed by atoms with Crippen LogP contribution in [-0.2, 0) is 50.6 Å². The molecule has 0 unspecified atom stereocenters. The van der Waals surface area contributed by atoms with Crippen LogP contribution in [0.15, 0.2) is 0 Å². The van der Waals surface area contributed by atoms with Crippen LogP contribution in [0.1, 0.15) is 0 Å². The Morgan fingerprint density at radius 3 is 0.800 bits per heavy atom. The van der Waals surface area contributed by atoms with E-state index in [4.69, 9.17) is 20.2 Å². The monoisotopic (exact) mass is 504 g/mol. The Bertz CT molecular complexity index is 133. The maximum absolute atomic E-state index is 8.62. The molecule has 0 radical (unpaired) electrons. The quantitative estimate of drug-likeness (QED) is 0.303. The summed E-state index contributed by atoms with van der Waals surface area (Å²) in [5, 5.41) is 0. The van der Waals surface area contributed by atoms with Crippen LogP contribution < -0.4 is 77.5 Å². The van der Waals surface area contributed by atoms with Crippen molar-refractivity contribution in [2.75, 3.05) is 0 Å². The van der Waals surface area contributed by atoms with Gasteiger partial charge in [0, 0.05) is 0 Å². The van der Waals surface area contributed by atoms with Crippen LogP contribution in [0.25, 0.3) is 0 Å². The Labute approximate surface area is 125 Å². The fraction of sp³-hybridized carbons (Fsp3) is 0. The van der Waals surface area contributed by atoms with Crippen molar-refractivity contribution in [1.82, 2.24) is 0 Å². The standard InChI is InChI=1S/K.Li.6O.2Ta/q2*+1;;;;;2*-1;;. The van der Waals surface area contributed by atoms with Crippen molar-refractivity contribution >= 4 is 0 Å². The Morgan fingerprint density at radius 1 is 0.800 bits per heavy atom. The molecule has 0 heterocycles.